The molecule has 3 aromatic heterocycles. The zero-order valence-corrected chi connectivity index (χ0v) is 14.0. The van der Waals surface area contributed by atoms with Crippen LogP contribution in [0.5, 0.6) is 0 Å². The summed E-state index contributed by atoms with van der Waals surface area (Å²) in [7, 11) is 0. The Hall–Kier alpha value is -2.96. The van der Waals surface area contributed by atoms with E-state index in [0.29, 0.717) is 12.2 Å². The first kappa shape index (κ1) is 15.9. The third-order valence-electron chi connectivity index (χ3n) is 3.73. The van der Waals surface area contributed by atoms with Gasteiger partial charge in [0.2, 0.25) is 0 Å². The second kappa shape index (κ2) is 6.66. The maximum Gasteiger partial charge on any atom is 0.272 e. The number of H-pyrrole nitrogens is 1. The first-order chi connectivity index (χ1) is 11.6. The number of nitrogens with zero attached hydrogens (tertiary/aromatic N) is 4. The Morgan fingerprint density at radius 3 is 2.71 bits per heavy atom. The summed E-state index contributed by atoms with van der Waals surface area (Å²) in [6, 6.07) is 7.59. The SMILES string of the molecule is CCc1cc(C(=O)NCc2ccc(-n3nc(C)cc3C)nc2)n[nH]1. The van der Waals surface area contributed by atoms with Crippen LogP contribution < -0.4 is 5.32 Å². The second-order valence-corrected chi connectivity index (χ2v) is 5.68. The van der Waals surface area contributed by atoms with Crippen molar-refractivity contribution in [1.29, 1.82) is 0 Å². The molecular weight excluding hydrogens is 304 g/mol. The maximum absolute atomic E-state index is 12.1. The van der Waals surface area contributed by atoms with E-state index < -0.39 is 0 Å². The number of nitrogens with one attached hydrogen (secondary N) is 2. The molecule has 0 aliphatic rings. The minimum absolute atomic E-state index is 0.200. The summed E-state index contributed by atoms with van der Waals surface area (Å²) in [5.74, 6) is 0.559. The molecule has 0 radical (unpaired) electrons. The van der Waals surface area contributed by atoms with Crippen molar-refractivity contribution in [2.45, 2.75) is 33.7 Å². The molecule has 0 unspecified atom stereocenters. The average molecular weight is 324 g/mol. The molecule has 0 aromatic carbocycles. The van der Waals surface area contributed by atoms with Crippen molar-refractivity contribution in [2.75, 3.05) is 0 Å². The number of aryl methyl sites for hydroxylation is 3. The Bertz CT molecular complexity index is 846. The van der Waals surface area contributed by atoms with Gasteiger partial charge in [0.1, 0.15) is 5.69 Å². The fourth-order valence-electron chi connectivity index (χ4n) is 2.44. The number of aromatic nitrogens is 5. The van der Waals surface area contributed by atoms with E-state index in [1.807, 2.05) is 39.0 Å². The van der Waals surface area contributed by atoms with Gasteiger partial charge in [-0.25, -0.2) is 9.67 Å². The molecule has 0 saturated carbocycles. The molecule has 1 amide bonds. The second-order valence-electron chi connectivity index (χ2n) is 5.68. The molecule has 0 spiro atoms. The average Bonchev–Trinajstić information content (AvgIpc) is 3.19. The lowest BCUT2D eigenvalue weighted by Gasteiger charge is -2.06. The summed E-state index contributed by atoms with van der Waals surface area (Å²) in [4.78, 5) is 16.5. The standard InChI is InChI=1S/C17H20N6O/c1-4-14-8-15(21-20-14)17(24)19-10-13-5-6-16(18-9-13)23-12(3)7-11(2)22-23/h5-9H,4,10H2,1-3H3,(H,19,24)(H,20,21). The van der Waals surface area contributed by atoms with Gasteiger partial charge in [0.05, 0.1) is 5.69 Å². The van der Waals surface area contributed by atoms with Crippen LogP contribution in [0.3, 0.4) is 0 Å². The molecule has 124 valence electrons. The zero-order valence-electron chi connectivity index (χ0n) is 14.0. The molecule has 0 saturated heterocycles. The molecule has 0 bridgehead atoms. The van der Waals surface area contributed by atoms with Crippen LogP contribution in [0.25, 0.3) is 5.82 Å². The van der Waals surface area contributed by atoms with Gasteiger partial charge >= 0.3 is 0 Å². The van der Waals surface area contributed by atoms with E-state index in [-0.39, 0.29) is 5.91 Å². The number of rotatable bonds is 5. The third kappa shape index (κ3) is 3.34. The topological polar surface area (TPSA) is 88.5 Å². The van der Waals surface area contributed by atoms with Gasteiger partial charge in [0.25, 0.3) is 5.91 Å². The third-order valence-corrected chi connectivity index (χ3v) is 3.73. The lowest BCUT2D eigenvalue weighted by Crippen LogP contribution is -2.23. The van der Waals surface area contributed by atoms with Crippen molar-refractivity contribution in [2.24, 2.45) is 0 Å². The van der Waals surface area contributed by atoms with Crippen molar-refractivity contribution < 1.29 is 4.79 Å². The number of aromatic amines is 1. The van der Waals surface area contributed by atoms with Crippen LogP contribution in [0.15, 0.2) is 30.5 Å². The van der Waals surface area contributed by atoms with E-state index in [1.165, 1.54) is 0 Å². The van der Waals surface area contributed by atoms with E-state index in [2.05, 4.69) is 25.6 Å². The van der Waals surface area contributed by atoms with Crippen molar-refractivity contribution in [3.05, 3.63) is 58.8 Å². The molecule has 24 heavy (non-hydrogen) atoms. The highest BCUT2D eigenvalue weighted by molar-refractivity contribution is 5.92. The lowest BCUT2D eigenvalue weighted by molar-refractivity contribution is 0.0946. The zero-order chi connectivity index (χ0) is 17.1. The predicted octanol–water partition coefficient (Wildman–Crippen LogP) is 2.10. The van der Waals surface area contributed by atoms with Crippen LogP contribution in [0.4, 0.5) is 0 Å². The maximum atomic E-state index is 12.1. The van der Waals surface area contributed by atoms with Crippen LogP contribution in [-0.2, 0) is 13.0 Å². The number of carbonyl (C=O) groups excluding carboxylic acids is 1. The molecule has 0 fully saturated rings. The number of pyridine rings is 1. The number of hydrogen-bond donors (Lipinski definition) is 2. The summed E-state index contributed by atoms with van der Waals surface area (Å²) >= 11 is 0. The Morgan fingerprint density at radius 2 is 2.12 bits per heavy atom. The van der Waals surface area contributed by atoms with Gasteiger partial charge in [0.15, 0.2) is 5.82 Å². The van der Waals surface area contributed by atoms with Crippen LogP contribution in [0.2, 0.25) is 0 Å². The highest BCUT2D eigenvalue weighted by Gasteiger charge is 2.10. The first-order valence-electron chi connectivity index (χ1n) is 7.88. The van der Waals surface area contributed by atoms with E-state index in [1.54, 1.807) is 16.9 Å². The van der Waals surface area contributed by atoms with Gasteiger partial charge in [0, 0.05) is 24.1 Å². The highest BCUT2D eigenvalue weighted by Crippen LogP contribution is 2.10. The van der Waals surface area contributed by atoms with Gasteiger partial charge in [-0.1, -0.05) is 13.0 Å². The van der Waals surface area contributed by atoms with Crippen molar-refractivity contribution in [3.63, 3.8) is 0 Å². The molecule has 0 aliphatic heterocycles. The predicted molar refractivity (Wildman–Crippen MR) is 90.0 cm³/mol. The lowest BCUT2D eigenvalue weighted by atomic mass is 10.2. The van der Waals surface area contributed by atoms with Gasteiger partial charge in [-0.2, -0.15) is 10.2 Å². The van der Waals surface area contributed by atoms with E-state index >= 15 is 0 Å². The van der Waals surface area contributed by atoms with Gasteiger partial charge in [-0.15, -0.1) is 0 Å². The Morgan fingerprint density at radius 1 is 1.29 bits per heavy atom. The highest BCUT2D eigenvalue weighted by atomic mass is 16.1. The van der Waals surface area contributed by atoms with Crippen molar-refractivity contribution in [3.8, 4) is 5.82 Å². The fourth-order valence-corrected chi connectivity index (χ4v) is 2.44. The van der Waals surface area contributed by atoms with E-state index in [9.17, 15) is 4.79 Å². The largest absolute Gasteiger partial charge is 0.347 e. The molecule has 2 N–H and O–H groups in total. The minimum atomic E-state index is -0.200. The van der Waals surface area contributed by atoms with E-state index in [0.717, 1.165) is 34.9 Å². The van der Waals surface area contributed by atoms with Gasteiger partial charge < -0.3 is 5.32 Å². The molecule has 7 nitrogen and oxygen atoms in total. The number of carbonyl (C=O) groups is 1. The van der Waals surface area contributed by atoms with Crippen molar-refractivity contribution >= 4 is 5.91 Å². The Labute approximate surface area is 140 Å². The Kier molecular flexibility index (Phi) is 4.41. The first-order valence-corrected chi connectivity index (χ1v) is 7.88. The molecule has 3 rings (SSSR count). The van der Waals surface area contributed by atoms with Crippen LogP contribution in [-0.4, -0.2) is 30.9 Å². The quantitative estimate of drug-likeness (QED) is 0.752. The monoisotopic (exact) mass is 324 g/mol. The van der Waals surface area contributed by atoms with Crippen molar-refractivity contribution in [1.82, 2.24) is 30.3 Å². The van der Waals surface area contributed by atoms with Crippen LogP contribution >= 0.6 is 0 Å². The number of hydrogen-bond acceptors (Lipinski definition) is 4. The van der Waals surface area contributed by atoms with Crippen LogP contribution in [0, 0.1) is 13.8 Å². The summed E-state index contributed by atoms with van der Waals surface area (Å²) in [6.45, 7) is 6.35. The summed E-state index contributed by atoms with van der Waals surface area (Å²) < 4.78 is 1.80. The summed E-state index contributed by atoms with van der Waals surface area (Å²) in [6.07, 6.45) is 2.56. The fraction of sp³-hybridized carbons (Fsp3) is 0.294. The number of amides is 1. The summed E-state index contributed by atoms with van der Waals surface area (Å²) in [5, 5.41) is 14.1. The van der Waals surface area contributed by atoms with Crippen LogP contribution in [0.1, 0.15) is 40.1 Å². The smallest absolute Gasteiger partial charge is 0.272 e. The minimum Gasteiger partial charge on any atom is -0.347 e. The Balaban J connectivity index is 1.64. The molecule has 3 aromatic rings. The molecule has 0 aliphatic carbocycles. The molecule has 7 heteroatoms. The normalized spacial score (nSPS) is 10.8. The van der Waals surface area contributed by atoms with E-state index in [4.69, 9.17) is 0 Å². The van der Waals surface area contributed by atoms with Gasteiger partial charge in [-0.3, -0.25) is 9.89 Å². The molecular formula is C17H20N6O. The molecule has 0 atom stereocenters. The summed E-state index contributed by atoms with van der Waals surface area (Å²) in [5.41, 5.74) is 4.25. The van der Waals surface area contributed by atoms with Gasteiger partial charge in [-0.05, 0) is 44.0 Å². The molecule has 3 heterocycles.